The third-order valence-corrected chi connectivity index (χ3v) is 24.0. The molecule has 8 amide bonds. The van der Waals surface area contributed by atoms with Gasteiger partial charge in [0.15, 0.2) is 11.5 Å². The quantitative estimate of drug-likeness (QED) is 0.0335. The largest absolute Gasteiger partial charge is 0.383 e. The van der Waals surface area contributed by atoms with Crippen LogP contribution >= 0.6 is 0 Å². The second kappa shape index (κ2) is 33.3. The molecule has 0 unspecified atom stereocenters. The van der Waals surface area contributed by atoms with Gasteiger partial charge in [-0.2, -0.15) is 0 Å². The van der Waals surface area contributed by atoms with Crippen molar-refractivity contribution in [2.45, 2.75) is 172 Å². The summed E-state index contributed by atoms with van der Waals surface area (Å²) in [6.07, 6.45) is 26.1. The lowest BCUT2D eigenvalue weighted by atomic mass is 9.92. The number of fused-ring (bicyclic) bond motifs is 4. The molecule has 0 aliphatic heterocycles. The van der Waals surface area contributed by atoms with E-state index in [1.165, 1.54) is 87.7 Å². The monoisotopic (exact) mass is 1800 g/mol. The van der Waals surface area contributed by atoms with Crippen LogP contribution < -0.4 is 65.5 Å². The van der Waals surface area contributed by atoms with Crippen LogP contribution in [0.3, 0.4) is 0 Å². The summed E-state index contributed by atoms with van der Waals surface area (Å²) in [6, 6.07) is 23.4. The maximum atomic E-state index is 15.1. The van der Waals surface area contributed by atoms with Gasteiger partial charge in [0.05, 0.1) is 50.0 Å². The highest BCUT2D eigenvalue weighted by Gasteiger charge is 2.44. The Morgan fingerprint density at radius 2 is 0.742 bits per heavy atom. The fourth-order valence-corrected chi connectivity index (χ4v) is 15.5. The molecule has 22 rings (SSSR count). The van der Waals surface area contributed by atoms with E-state index in [-0.39, 0.29) is 62.5 Å². The van der Waals surface area contributed by atoms with E-state index >= 15 is 4.39 Å². The molecular formula is C91H89F5N28O8. The van der Waals surface area contributed by atoms with Crippen molar-refractivity contribution in [3.63, 3.8) is 0 Å². The highest BCUT2D eigenvalue weighted by molar-refractivity contribution is 6.07. The van der Waals surface area contributed by atoms with Gasteiger partial charge in [0.2, 0.25) is 17.7 Å². The highest BCUT2D eigenvalue weighted by Crippen LogP contribution is 2.51. The molecule has 676 valence electrons. The maximum Gasteiger partial charge on any atom is 0.326 e. The molecule has 0 saturated heterocycles. The summed E-state index contributed by atoms with van der Waals surface area (Å²) < 4.78 is 103. The number of carbonyl (C=O) groups excluding carboxylic acids is 4. The lowest BCUT2D eigenvalue weighted by molar-refractivity contribution is 0.205. The lowest BCUT2D eigenvalue weighted by Gasteiger charge is -2.12. The molecule has 36 nitrogen and oxygen atoms in total. The molecule has 12 heterocycles. The Morgan fingerprint density at radius 3 is 1.11 bits per heavy atom. The molecule has 6 saturated carbocycles. The van der Waals surface area contributed by atoms with Crippen molar-refractivity contribution >= 4 is 138 Å². The van der Waals surface area contributed by atoms with Crippen molar-refractivity contribution in [1.29, 1.82) is 0 Å². The molecule has 4 aromatic carbocycles. The topological polar surface area (TPSA) is 496 Å². The number of carbonyl (C=O) groups is 4. The van der Waals surface area contributed by atoms with E-state index in [9.17, 15) is 36.7 Å². The Labute approximate surface area is 747 Å². The summed E-state index contributed by atoms with van der Waals surface area (Å²) in [6.45, 7) is 12.7. The number of nitrogen functional groups attached to an aromatic ring is 4. The van der Waals surface area contributed by atoms with Gasteiger partial charge in [-0.3, -0.25) is 21.3 Å². The van der Waals surface area contributed by atoms with E-state index in [0.29, 0.717) is 125 Å². The first-order chi connectivity index (χ1) is 63.2. The molecule has 6 fully saturated rings. The van der Waals surface area contributed by atoms with Crippen LogP contribution in [0.1, 0.15) is 173 Å². The number of nitrogens with zero attached hydrogens (tertiary/aromatic N) is 16. The number of aromatic nitrogens is 16. The predicted molar refractivity (Wildman–Crippen MR) is 485 cm³/mol. The average Bonchev–Trinajstić information content (AvgIpc) is 1.61. The van der Waals surface area contributed by atoms with Gasteiger partial charge >= 0.3 is 24.1 Å². The summed E-state index contributed by atoms with van der Waals surface area (Å²) >= 11 is 0. The Morgan fingerprint density at radius 1 is 0.379 bits per heavy atom. The van der Waals surface area contributed by atoms with Gasteiger partial charge in [0.25, 0.3) is 0 Å². The molecule has 16 aromatic rings. The van der Waals surface area contributed by atoms with Crippen LogP contribution in [0.4, 0.5) is 111 Å². The van der Waals surface area contributed by atoms with Crippen LogP contribution in [0.25, 0.3) is 88.6 Å². The number of hydrogen-bond acceptors (Lipinski definition) is 24. The number of urea groups is 4. The van der Waals surface area contributed by atoms with Crippen LogP contribution in [-0.2, 0) is 21.9 Å². The van der Waals surface area contributed by atoms with Gasteiger partial charge in [-0.25, -0.2) is 81.0 Å². The summed E-state index contributed by atoms with van der Waals surface area (Å²) in [5, 5.41) is 38.2. The smallest absolute Gasteiger partial charge is 0.326 e. The van der Waals surface area contributed by atoms with E-state index in [4.69, 9.17) is 41.0 Å². The van der Waals surface area contributed by atoms with Crippen molar-refractivity contribution in [2.75, 3.05) is 65.5 Å². The normalized spacial score (nSPS) is 15.3. The average molecular weight is 1800 g/mol. The predicted octanol–water partition coefficient (Wildman–Crippen LogP) is 19.8. The lowest BCUT2D eigenvalue weighted by Crippen LogP contribution is -2.20. The van der Waals surface area contributed by atoms with Crippen molar-refractivity contribution in [2.24, 2.45) is 0 Å². The van der Waals surface area contributed by atoms with Gasteiger partial charge in [0.1, 0.15) is 106 Å². The minimum Gasteiger partial charge on any atom is -0.383 e. The first kappa shape index (κ1) is 85.6. The third-order valence-electron chi connectivity index (χ3n) is 24.0. The Kier molecular flexibility index (Phi) is 21.6. The molecule has 16 N–H and O–H groups in total. The van der Waals surface area contributed by atoms with Gasteiger partial charge in [-0.05, 0) is 162 Å². The van der Waals surface area contributed by atoms with E-state index < -0.39 is 53.1 Å². The molecule has 0 spiro atoms. The molecular weight excluding hydrogens is 1710 g/mol. The molecule has 6 aliphatic carbocycles. The van der Waals surface area contributed by atoms with Crippen LogP contribution in [0.5, 0.6) is 0 Å². The number of hydrogen-bond donors (Lipinski definition) is 12. The van der Waals surface area contributed by atoms with Crippen molar-refractivity contribution in [3.8, 4) is 44.5 Å². The van der Waals surface area contributed by atoms with Crippen molar-refractivity contribution < 1.29 is 59.2 Å². The highest BCUT2D eigenvalue weighted by atomic mass is 19.1. The summed E-state index contributed by atoms with van der Waals surface area (Å²) in [5.74, 6) is 0.418. The minimum atomic E-state index is -1.72. The van der Waals surface area contributed by atoms with Crippen LogP contribution in [0.15, 0.2) is 165 Å². The number of amides is 8. The Hall–Kier alpha value is -15.9. The van der Waals surface area contributed by atoms with E-state index in [1.807, 2.05) is 54.7 Å². The Bertz CT molecular complexity index is 6740. The zero-order valence-electron chi connectivity index (χ0n) is 72.3. The zero-order chi connectivity index (χ0) is 92.1. The number of nitrogens with two attached hydrogens (primary N) is 4. The van der Waals surface area contributed by atoms with E-state index in [0.717, 1.165) is 111 Å². The molecule has 132 heavy (non-hydrogen) atoms. The molecule has 41 heteroatoms. The summed E-state index contributed by atoms with van der Waals surface area (Å²) in [5.41, 5.74) is 32.4. The number of alkyl halides is 1. The van der Waals surface area contributed by atoms with Crippen molar-refractivity contribution in [1.82, 2.24) is 78.8 Å². The second-order valence-electron chi connectivity index (χ2n) is 35.8. The van der Waals surface area contributed by atoms with Gasteiger partial charge in [-0.1, -0.05) is 73.4 Å². The molecule has 0 bridgehead atoms. The SMILES string of the molecule is CC(C)(C)c1cc(NC(=O)Nc2ccc(-c3cn(C4CC4)c4ncnc(N)c34)cc2F)on1.CC(C)(F)c1cc(NC(=O)Nc2ccc(-c3cn(C4CC4)c4ncnc(N)c34)cc2F)on1.CC1(c2cc(NC(=O)Nc3ccc(-c4cn(C5CC5)c5ncnc(N)c45)c(F)c3)on2)CC1.CC1(c2cc(NC(=O)Nc3ccc(-c4cn(C5CC5)c5ncnc(N)c45)cc3F)no2)CC1. The molecule has 0 atom stereocenters. The van der Waals surface area contributed by atoms with Gasteiger partial charge in [0, 0.05) is 123 Å². The van der Waals surface area contributed by atoms with Crippen LogP contribution in [-0.4, -0.2) is 103 Å². The number of benzene rings is 4. The fraction of sp³-hybridized carbons (Fsp3) is 0.297. The first-order valence-electron chi connectivity index (χ1n) is 42.8. The molecule has 6 aliphatic rings. The van der Waals surface area contributed by atoms with Gasteiger partial charge in [-0.15, -0.1) is 0 Å². The van der Waals surface area contributed by atoms with Crippen LogP contribution in [0, 0.1) is 23.3 Å². The van der Waals surface area contributed by atoms with Crippen LogP contribution in [0.2, 0.25) is 0 Å². The summed E-state index contributed by atoms with van der Waals surface area (Å²) in [4.78, 5) is 83.2. The van der Waals surface area contributed by atoms with Gasteiger partial charge < -0.3 is 80.6 Å². The minimum absolute atomic E-state index is 0.00239. The second-order valence-corrected chi connectivity index (χ2v) is 35.8. The number of anilines is 12. The van der Waals surface area contributed by atoms with E-state index in [1.54, 1.807) is 48.5 Å². The first-order valence-corrected chi connectivity index (χ1v) is 42.8. The fourth-order valence-electron chi connectivity index (χ4n) is 15.5. The van der Waals surface area contributed by atoms with E-state index in [2.05, 4.69) is 126 Å². The number of nitrogens with one attached hydrogen (secondary N) is 8. The summed E-state index contributed by atoms with van der Waals surface area (Å²) in [7, 11) is 0. The molecule has 0 radical (unpaired) electrons. The maximum absolute atomic E-state index is 15.1. The Balaban J connectivity index is 0.000000114. The standard InChI is InChI=1S/2C23H22FN7O2.C23H24FN7O2.C22H21F2N7O2/c1-23(6-7-23)17-9-18(30-33-17)29-22(32)28-16-5-2-12(8-15(16)24)14-10-31(13-3-4-13)21-19(14)20(25)26-11-27-21;1-23(6-7-23)17-9-18(33-30-17)29-22(32)28-12-2-5-14(16(24)8-12)15-10-31(13-3-4-13)21-19(15)20(25)26-11-27-21;1-23(2,3)17-9-18(33-30-17)29-22(32)28-16-7-4-12(8-15(16)24)14-10-31(13-5-6-13)21-19(14)20(25)26-11-27-21;1-22(2,24)16-8-17(33-30-16)29-21(32)28-15-6-3-11(7-14(15)23)13-9-31(12-4-5-12)20-18(13)19(25)26-10-27-20/h2,5,8-11,13H,3-4,6-7H2,1H3,(H2,25,26,27)(H2,28,29,30,32);2,5,8-11,13H,3-4,6-7H2,1H3,(H2,25,26,27)(H2,28,29,32);4,7-11,13H,5-6H2,1-3H3,(H2,25,26,27)(H2,28,29,32);3,6-10,12H,4-5H2,1-2H3,(H2,25,26,27)(H2,28,29,32). The molecule has 12 aromatic heterocycles. The third kappa shape index (κ3) is 17.8. The van der Waals surface area contributed by atoms with Crippen molar-refractivity contribution in [3.05, 3.63) is 193 Å². The number of rotatable bonds is 19. The zero-order valence-corrected chi connectivity index (χ0v) is 72.3. The number of halogens is 5.